The van der Waals surface area contributed by atoms with Crippen LogP contribution >= 0.6 is 0 Å². The molecule has 6 rings (SSSR count). The number of nitrogens with one attached hydrogen (secondary N) is 1. The van der Waals surface area contributed by atoms with Crippen LogP contribution in [0.4, 0.5) is 0 Å². The third-order valence-corrected chi connectivity index (χ3v) is 7.73. The fourth-order valence-electron chi connectivity index (χ4n) is 5.89. The van der Waals surface area contributed by atoms with Gasteiger partial charge in [-0.25, -0.2) is 0 Å². The zero-order valence-corrected chi connectivity index (χ0v) is 20.7. The molecule has 3 unspecified atom stereocenters. The summed E-state index contributed by atoms with van der Waals surface area (Å²) in [6.07, 6.45) is 8.12. The van der Waals surface area contributed by atoms with E-state index in [0.29, 0.717) is 24.6 Å². The molecule has 3 aliphatic heterocycles. The molecule has 3 fully saturated rings. The summed E-state index contributed by atoms with van der Waals surface area (Å²) < 4.78 is 6.46. The van der Waals surface area contributed by atoms with Crippen LogP contribution in [0.3, 0.4) is 0 Å². The van der Waals surface area contributed by atoms with Crippen molar-refractivity contribution < 1.29 is 19.1 Å². The lowest BCUT2D eigenvalue weighted by molar-refractivity contribution is -0.136. The lowest BCUT2D eigenvalue weighted by atomic mass is 9.91. The maximum atomic E-state index is 12.9. The minimum absolute atomic E-state index is 0.140. The van der Waals surface area contributed by atoms with E-state index in [4.69, 9.17) is 4.74 Å². The van der Waals surface area contributed by atoms with Crippen LogP contribution in [-0.4, -0.2) is 58.8 Å². The second-order valence-electron chi connectivity index (χ2n) is 10.1. The molecule has 0 bridgehead atoms. The Balaban J connectivity index is 0.000000391. The molecule has 2 aromatic carbocycles. The maximum absolute atomic E-state index is 12.9. The molecular weight excluding hydrogens is 454 g/mol. The lowest BCUT2D eigenvalue weighted by Gasteiger charge is -2.37. The molecule has 0 aromatic heterocycles. The van der Waals surface area contributed by atoms with E-state index < -0.39 is 6.04 Å². The molecule has 4 aliphatic rings. The average Bonchev–Trinajstić information content (AvgIpc) is 3.54. The van der Waals surface area contributed by atoms with Crippen LogP contribution in [0.5, 0.6) is 5.75 Å². The van der Waals surface area contributed by atoms with Crippen molar-refractivity contribution in [2.75, 3.05) is 13.1 Å². The average molecular weight is 490 g/mol. The first kappa shape index (κ1) is 24.5. The molecule has 2 aromatic rings. The second kappa shape index (κ2) is 11.2. The van der Waals surface area contributed by atoms with E-state index in [1.54, 1.807) is 4.90 Å². The van der Waals surface area contributed by atoms with Gasteiger partial charge in [-0.3, -0.25) is 24.6 Å². The quantitative estimate of drug-likeness (QED) is 0.659. The molecule has 3 amide bonds. The smallest absolute Gasteiger partial charge is 0.255 e. The molecule has 1 saturated carbocycles. The number of benzene rings is 2. The van der Waals surface area contributed by atoms with Gasteiger partial charge in [0.05, 0.1) is 0 Å². The number of amides is 3. The number of fused-ring (bicyclic) bond motifs is 1. The Morgan fingerprint density at radius 1 is 0.833 bits per heavy atom. The summed E-state index contributed by atoms with van der Waals surface area (Å²) in [6.45, 7) is 2.73. The summed E-state index contributed by atoms with van der Waals surface area (Å²) in [5.74, 6) is 0.0251. The van der Waals surface area contributed by atoms with E-state index in [1.807, 2.05) is 54.6 Å². The highest BCUT2D eigenvalue weighted by Crippen LogP contribution is 2.33. The van der Waals surface area contributed by atoms with E-state index in [0.717, 1.165) is 17.7 Å². The molecule has 1 aliphatic carbocycles. The van der Waals surface area contributed by atoms with Crippen molar-refractivity contribution in [3.63, 3.8) is 0 Å². The number of carbonyl (C=O) groups is 3. The zero-order chi connectivity index (χ0) is 24.9. The first-order chi connectivity index (χ1) is 17.6. The third kappa shape index (κ3) is 5.46. The van der Waals surface area contributed by atoms with E-state index >= 15 is 0 Å². The van der Waals surface area contributed by atoms with E-state index in [9.17, 15) is 14.4 Å². The summed E-state index contributed by atoms with van der Waals surface area (Å²) in [7, 11) is 0. The first-order valence-electron chi connectivity index (χ1n) is 13.3. The van der Waals surface area contributed by atoms with Gasteiger partial charge in [0.2, 0.25) is 11.8 Å². The minimum atomic E-state index is -0.579. The minimum Gasteiger partial charge on any atom is -0.489 e. The molecule has 3 atom stereocenters. The van der Waals surface area contributed by atoms with Crippen molar-refractivity contribution in [2.45, 2.75) is 76.1 Å². The van der Waals surface area contributed by atoms with Crippen LogP contribution in [0.1, 0.15) is 67.3 Å². The molecule has 7 heteroatoms. The number of rotatable bonds is 4. The number of hydrogen-bond acceptors (Lipinski definition) is 5. The van der Waals surface area contributed by atoms with Gasteiger partial charge < -0.3 is 9.64 Å². The second-order valence-corrected chi connectivity index (χ2v) is 10.1. The van der Waals surface area contributed by atoms with Gasteiger partial charge in [0.25, 0.3) is 5.91 Å². The van der Waals surface area contributed by atoms with E-state index in [-0.39, 0.29) is 30.2 Å². The molecule has 7 nitrogen and oxygen atoms in total. The van der Waals surface area contributed by atoms with Crippen LogP contribution in [0.2, 0.25) is 0 Å². The molecule has 0 spiro atoms. The Bertz CT molecular complexity index is 1060. The predicted octanol–water partition coefficient (Wildman–Crippen LogP) is 3.92. The highest BCUT2D eigenvalue weighted by molar-refractivity contribution is 6.05. The third-order valence-electron chi connectivity index (χ3n) is 7.73. The number of ether oxygens (including phenoxy) is 1. The van der Waals surface area contributed by atoms with Crippen molar-refractivity contribution >= 4 is 17.7 Å². The number of nitrogens with zero attached hydrogens (tertiary/aromatic N) is 2. The Morgan fingerprint density at radius 3 is 2.22 bits per heavy atom. The number of likely N-dealkylation sites (tertiary alicyclic amines) is 1. The standard InChI is InChI=1S/C23H29N3O4.C6H6/c27-21-10-9-19(22(28)24-21)26-14-15-13-16(7-8-17(15)23(26)29)30-20-6-2-1-5-18(20)25-11-3-4-12-25;1-2-4-6-5-3-1/h7-8,13,18-20H,1-6,9-12,14H2,(H,24,27,28);1-6H. The van der Waals surface area contributed by atoms with Crippen LogP contribution in [0.15, 0.2) is 54.6 Å². The van der Waals surface area contributed by atoms with Crippen LogP contribution in [-0.2, 0) is 16.1 Å². The number of piperidine rings is 1. The summed E-state index contributed by atoms with van der Waals surface area (Å²) in [5, 5.41) is 2.35. The van der Waals surface area contributed by atoms with Gasteiger partial charge in [-0.1, -0.05) is 42.8 Å². The summed E-state index contributed by atoms with van der Waals surface area (Å²) in [4.78, 5) is 40.7. The Hall–Kier alpha value is -3.19. The molecule has 0 radical (unpaired) electrons. The van der Waals surface area contributed by atoms with Gasteiger partial charge >= 0.3 is 0 Å². The van der Waals surface area contributed by atoms with Crippen molar-refractivity contribution in [2.24, 2.45) is 0 Å². The van der Waals surface area contributed by atoms with Gasteiger partial charge in [-0.15, -0.1) is 0 Å². The predicted molar refractivity (Wildman–Crippen MR) is 136 cm³/mol. The van der Waals surface area contributed by atoms with Crippen LogP contribution < -0.4 is 10.1 Å². The van der Waals surface area contributed by atoms with Gasteiger partial charge in [0, 0.05) is 24.6 Å². The van der Waals surface area contributed by atoms with Gasteiger partial charge in [0.15, 0.2) is 0 Å². The maximum Gasteiger partial charge on any atom is 0.255 e. The molecule has 3 heterocycles. The SMILES string of the molecule is O=C1CCC(N2Cc3cc(OC4CCCCC4N4CCCC4)ccc3C2=O)C(=O)N1.c1ccccc1. The van der Waals surface area contributed by atoms with Gasteiger partial charge in [-0.2, -0.15) is 0 Å². The number of carbonyl (C=O) groups excluding carboxylic acids is 3. The number of hydrogen-bond donors (Lipinski definition) is 1. The largest absolute Gasteiger partial charge is 0.489 e. The molecule has 190 valence electrons. The summed E-state index contributed by atoms with van der Waals surface area (Å²) in [5.41, 5.74) is 1.53. The highest BCUT2D eigenvalue weighted by atomic mass is 16.5. The Morgan fingerprint density at radius 2 is 1.53 bits per heavy atom. The fourth-order valence-corrected chi connectivity index (χ4v) is 5.89. The topological polar surface area (TPSA) is 79.0 Å². The van der Waals surface area contributed by atoms with Crippen LogP contribution in [0, 0.1) is 0 Å². The van der Waals surface area contributed by atoms with Crippen molar-refractivity contribution in [1.29, 1.82) is 0 Å². The van der Waals surface area contributed by atoms with E-state index in [2.05, 4.69) is 10.2 Å². The number of imide groups is 1. The first-order valence-corrected chi connectivity index (χ1v) is 13.3. The lowest BCUT2D eigenvalue weighted by Crippen LogP contribution is -2.52. The molecule has 2 saturated heterocycles. The monoisotopic (exact) mass is 489 g/mol. The van der Waals surface area contributed by atoms with Crippen molar-refractivity contribution in [3.8, 4) is 5.75 Å². The summed E-state index contributed by atoms with van der Waals surface area (Å²) in [6, 6.07) is 17.6. The van der Waals surface area contributed by atoms with Crippen LogP contribution in [0.25, 0.3) is 0 Å². The highest BCUT2D eigenvalue weighted by Gasteiger charge is 2.39. The Kier molecular flexibility index (Phi) is 7.66. The van der Waals surface area contributed by atoms with E-state index in [1.165, 1.54) is 45.2 Å². The summed E-state index contributed by atoms with van der Waals surface area (Å²) >= 11 is 0. The van der Waals surface area contributed by atoms with Crippen molar-refractivity contribution in [1.82, 2.24) is 15.1 Å². The van der Waals surface area contributed by atoms with Crippen molar-refractivity contribution in [3.05, 3.63) is 65.7 Å². The fraction of sp³-hybridized carbons (Fsp3) is 0.483. The zero-order valence-electron chi connectivity index (χ0n) is 20.7. The Labute approximate surface area is 212 Å². The molecular formula is C29H35N3O4. The van der Waals surface area contributed by atoms with Gasteiger partial charge in [0.1, 0.15) is 17.9 Å². The normalized spacial score (nSPS) is 26.2. The molecule has 36 heavy (non-hydrogen) atoms. The van der Waals surface area contributed by atoms with Gasteiger partial charge in [-0.05, 0) is 75.4 Å². The molecule has 1 N–H and O–H groups in total.